The van der Waals surface area contributed by atoms with Crippen molar-refractivity contribution in [2.24, 2.45) is 0 Å². The lowest BCUT2D eigenvalue weighted by Gasteiger charge is -2.07. The summed E-state index contributed by atoms with van der Waals surface area (Å²) < 4.78 is 4.70. The maximum Gasteiger partial charge on any atom is 0.330 e. The molecule has 0 unspecified atom stereocenters. The van der Waals surface area contributed by atoms with Gasteiger partial charge in [-0.3, -0.25) is 0 Å². The maximum absolute atomic E-state index is 10.4. The minimum Gasteiger partial charge on any atom is -0.461 e. The summed E-state index contributed by atoms with van der Waals surface area (Å²) in [6.07, 6.45) is 1.16. The summed E-state index contributed by atoms with van der Waals surface area (Å²) in [4.78, 5) is 12.4. The van der Waals surface area contributed by atoms with E-state index >= 15 is 0 Å². The van der Waals surface area contributed by atoms with Gasteiger partial charge < -0.3 is 9.64 Å². The van der Waals surface area contributed by atoms with Crippen LogP contribution in [-0.4, -0.2) is 38.1 Å². The molecular formula is C9H17NO2. The number of carbonyl (C=O) groups excluding carboxylic acids is 1. The first kappa shape index (κ1) is 13.5. The SMILES string of the molecule is C=C.C=CC(=O)OCCN(C)C. The summed E-state index contributed by atoms with van der Waals surface area (Å²) in [5, 5.41) is 0. The number of rotatable bonds is 4. The van der Waals surface area contributed by atoms with E-state index in [2.05, 4.69) is 19.7 Å². The topological polar surface area (TPSA) is 29.5 Å². The fourth-order valence-corrected chi connectivity index (χ4v) is 0.388. The van der Waals surface area contributed by atoms with Crippen LogP contribution in [0.4, 0.5) is 0 Å². The van der Waals surface area contributed by atoms with Gasteiger partial charge >= 0.3 is 5.97 Å². The van der Waals surface area contributed by atoms with Crippen LogP contribution < -0.4 is 0 Å². The molecule has 3 nitrogen and oxygen atoms in total. The molecule has 0 aliphatic rings. The van der Waals surface area contributed by atoms with E-state index in [9.17, 15) is 4.79 Å². The molecule has 0 fully saturated rings. The van der Waals surface area contributed by atoms with Crippen molar-refractivity contribution < 1.29 is 9.53 Å². The van der Waals surface area contributed by atoms with Crippen LogP contribution in [0.2, 0.25) is 0 Å². The normalized spacial score (nSPS) is 8.25. The van der Waals surface area contributed by atoms with Crippen LogP contribution >= 0.6 is 0 Å². The van der Waals surface area contributed by atoms with Gasteiger partial charge in [0.15, 0.2) is 0 Å². The molecule has 0 aliphatic carbocycles. The summed E-state index contributed by atoms with van der Waals surface area (Å²) >= 11 is 0. The molecule has 3 heteroatoms. The molecule has 0 saturated carbocycles. The third-order valence-electron chi connectivity index (χ3n) is 0.949. The number of hydrogen-bond acceptors (Lipinski definition) is 3. The number of ether oxygens (including phenoxy) is 1. The lowest BCUT2D eigenvalue weighted by molar-refractivity contribution is -0.137. The zero-order valence-electron chi connectivity index (χ0n) is 7.88. The van der Waals surface area contributed by atoms with E-state index in [1.165, 1.54) is 0 Å². The fraction of sp³-hybridized carbons (Fsp3) is 0.444. The first-order valence-corrected chi connectivity index (χ1v) is 3.60. The van der Waals surface area contributed by atoms with Gasteiger partial charge in [0, 0.05) is 12.6 Å². The highest BCUT2D eigenvalue weighted by atomic mass is 16.5. The molecule has 70 valence electrons. The lowest BCUT2D eigenvalue weighted by atomic mass is 10.6. The predicted octanol–water partition coefficient (Wildman–Crippen LogP) is 1.08. The Labute approximate surface area is 74.3 Å². The summed E-state index contributed by atoms with van der Waals surface area (Å²) in [6.45, 7) is 10.4. The van der Waals surface area contributed by atoms with Gasteiger partial charge in [-0.25, -0.2) is 4.79 Å². The lowest BCUT2D eigenvalue weighted by Crippen LogP contribution is -2.19. The second-order valence-corrected chi connectivity index (χ2v) is 2.17. The molecule has 12 heavy (non-hydrogen) atoms. The van der Waals surface area contributed by atoms with Crippen LogP contribution in [0.25, 0.3) is 0 Å². The van der Waals surface area contributed by atoms with Gasteiger partial charge in [-0.15, -0.1) is 13.2 Å². The van der Waals surface area contributed by atoms with Crippen molar-refractivity contribution in [2.45, 2.75) is 0 Å². The van der Waals surface area contributed by atoms with E-state index < -0.39 is 0 Å². The van der Waals surface area contributed by atoms with Crippen molar-refractivity contribution in [3.8, 4) is 0 Å². The van der Waals surface area contributed by atoms with E-state index in [4.69, 9.17) is 4.74 Å². The van der Waals surface area contributed by atoms with Crippen LogP contribution in [0.15, 0.2) is 25.8 Å². The molecule has 0 aromatic rings. The van der Waals surface area contributed by atoms with Gasteiger partial charge in [-0.2, -0.15) is 0 Å². The highest BCUT2D eigenvalue weighted by molar-refractivity contribution is 5.81. The van der Waals surface area contributed by atoms with Crippen LogP contribution in [0, 0.1) is 0 Å². The molecule has 0 N–H and O–H groups in total. The molecule has 0 atom stereocenters. The van der Waals surface area contributed by atoms with Gasteiger partial charge in [0.1, 0.15) is 6.61 Å². The standard InChI is InChI=1S/C7H13NO2.C2H4/c1-4-7(9)10-6-5-8(2)3;1-2/h4H,1,5-6H2,2-3H3;1-2H2. The molecule has 0 aromatic heterocycles. The highest BCUT2D eigenvalue weighted by Crippen LogP contribution is 1.80. The fourth-order valence-electron chi connectivity index (χ4n) is 0.388. The van der Waals surface area contributed by atoms with Crippen molar-refractivity contribution in [2.75, 3.05) is 27.2 Å². The zero-order chi connectivity index (χ0) is 9.98. The number of likely N-dealkylation sites (N-methyl/N-ethyl adjacent to an activating group) is 1. The largest absolute Gasteiger partial charge is 0.461 e. The van der Waals surface area contributed by atoms with Crippen LogP contribution in [0.3, 0.4) is 0 Å². The number of nitrogens with zero attached hydrogens (tertiary/aromatic N) is 1. The Hall–Kier alpha value is -1.09. The first-order chi connectivity index (χ1) is 5.66. The van der Waals surface area contributed by atoms with Crippen LogP contribution in [-0.2, 0) is 9.53 Å². The van der Waals surface area contributed by atoms with E-state index in [1.54, 1.807) is 0 Å². The number of carbonyl (C=O) groups is 1. The zero-order valence-corrected chi connectivity index (χ0v) is 7.88. The Bertz CT molecular complexity index is 132. The Morgan fingerprint density at radius 3 is 2.33 bits per heavy atom. The minimum atomic E-state index is -0.359. The molecule has 0 aliphatic heterocycles. The average molecular weight is 171 g/mol. The van der Waals surface area contributed by atoms with Gasteiger partial charge in [-0.05, 0) is 14.1 Å². The van der Waals surface area contributed by atoms with E-state index in [0.717, 1.165) is 12.6 Å². The van der Waals surface area contributed by atoms with Crippen LogP contribution in [0.1, 0.15) is 0 Å². The molecule has 0 amide bonds. The Morgan fingerprint density at radius 1 is 1.50 bits per heavy atom. The van der Waals surface area contributed by atoms with Gasteiger partial charge in [0.05, 0.1) is 0 Å². The monoisotopic (exact) mass is 171 g/mol. The number of hydrogen-bond donors (Lipinski definition) is 0. The second-order valence-electron chi connectivity index (χ2n) is 2.17. The quantitative estimate of drug-likeness (QED) is 0.360. The molecule has 0 radical (unpaired) electrons. The maximum atomic E-state index is 10.4. The third kappa shape index (κ3) is 11.7. The molecule has 0 heterocycles. The van der Waals surface area contributed by atoms with Crippen LogP contribution in [0.5, 0.6) is 0 Å². The minimum absolute atomic E-state index is 0.359. The Balaban J connectivity index is 0. The smallest absolute Gasteiger partial charge is 0.330 e. The van der Waals surface area contributed by atoms with Crippen molar-refractivity contribution in [1.29, 1.82) is 0 Å². The Morgan fingerprint density at radius 2 is 2.00 bits per heavy atom. The van der Waals surface area contributed by atoms with Gasteiger partial charge in [0.2, 0.25) is 0 Å². The summed E-state index contributed by atoms with van der Waals surface area (Å²) in [7, 11) is 3.84. The molecule has 0 saturated heterocycles. The first-order valence-electron chi connectivity index (χ1n) is 3.60. The molecular weight excluding hydrogens is 154 g/mol. The van der Waals surface area contributed by atoms with E-state index in [0.29, 0.717) is 6.61 Å². The van der Waals surface area contributed by atoms with E-state index in [-0.39, 0.29) is 5.97 Å². The van der Waals surface area contributed by atoms with Gasteiger partial charge in [0.25, 0.3) is 0 Å². The summed E-state index contributed by atoms with van der Waals surface area (Å²) in [6, 6.07) is 0. The predicted molar refractivity (Wildman–Crippen MR) is 51.0 cm³/mol. The summed E-state index contributed by atoms with van der Waals surface area (Å²) in [5.41, 5.74) is 0. The Kier molecular flexibility index (Phi) is 11.1. The number of esters is 1. The van der Waals surface area contributed by atoms with E-state index in [1.807, 2.05) is 19.0 Å². The summed E-state index contributed by atoms with van der Waals surface area (Å²) in [5.74, 6) is -0.359. The van der Waals surface area contributed by atoms with Crippen molar-refractivity contribution >= 4 is 5.97 Å². The second kappa shape index (κ2) is 9.91. The highest BCUT2D eigenvalue weighted by Gasteiger charge is 1.94. The van der Waals surface area contributed by atoms with Crippen molar-refractivity contribution in [3.63, 3.8) is 0 Å². The van der Waals surface area contributed by atoms with Crippen molar-refractivity contribution in [1.82, 2.24) is 4.90 Å². The molecule has 0 bridgehead atoms. The average Bonchev–Trinajstić information content (AvgIpc) is 2.07. The van der Waals surface area contributed by atoms with Crippen molar-refractivity contribution in [3.05, 3.63) is 25.8 Å². The molecule has 0 rings (SSSR count). The molecule has 0 spiro atoms. The van der Waals surface area contributed by atoms with Gasteiger partial charge in [-0.1, -0.05) is 6.58 Å². The molecule has 0 aromatic carbocycles. The third-order valence-corrected chi connectivity index (χ3v) is 0.949.